The van der Waals surface area contributed by atoms with E-state index in [9.17, 15) is 9.59 Å². The molecule has 2 heterocycles. The number of amides is 2. The number of ether oxygens (including phenoxy) is 2. The Morgan fingerprint density at radius 3 is 2.14 bits per heavy atom. The zero-order valence-electron chi connectivity index (χ0n) is 21.7. The second-order valence-electron chi connectivity index (χ2n) is 10.1. The van der Waals surface area contributed by atoms with Crippen LogP contribution < -0.4 is 14.8 Å². The summed E-state index contributed by atoms with van der Waals surface area (Å²) in [5.41, 5.74) is 2.40. The van der Waals surface area contributed by atoms with Crippen LogP contribution in [0.4, 0.5) is 0 Å². The van der Waals surface area contributed by atoms with Crippen molar-refractivity contribution in [2.75, 3.05) is 73.1 Å². The Balaban J connectivity index is 1.19. The van der Waals surface area contributed by atoms with Crippen LogP contribution >= 0.6 is 0 Å². The number of methoxy groups -OCH3 is 2. The van der Waals surface area contributed by atoms with Gasteiger partial charge in [0.1, 0.15) is 0 Å². The topological polar surface area (TPSA) is 77.6 Å². The summed E-state index contributed by atoms with van der Waals surface area (Å²) in [6.07, 6.45) is 2.22. The number of nitrogens with one attached hydrogen (secondary N) is 1. The van der Waals surface area contributed by atoms with Crippen molar-refractivity contribution in [3.63, 3.8) is 0 Å². The van der Waals surface area contributed by atoms with Crippen molar-refractivity contribution in [3.05, 3.63) is 23.3 Å². The Bertz CT molecular complexity index is 890. The normalized spacial score (nSPS) is 21.0. The number of carbonyl (C=O) groups excluding carboxylic acids is 2. The van der Waals surface area contributed by atoms with Gasteiger partial charge in [0, 0.05) is 64.9 Å². The van der Waals surface area contributed by atoms with E-state index in [4.69, 9.17) is 9.47 Å². The molecule has 3 aliphatic rings. The first-order valence-corrected chi connectivity index (χ1v) is 12.9. The molecular weight excluding hydrogens is 446 g/mol. The Morgan fingerprint density at radius 2 is 1.54 bits per heavy atom. The van der Waals surface area contributed by atoms with Gasteiger partial charge < -0.3 is 19.7 Å². The number of benzene rings is 1. The maximum Gasteiger partial charge on any atom is 0.237 e. The second kappa shape index (κ2) is 11.6. The third-order valence-corrected chi connectivity index (χ3v) is 7.58. The van der Waals surface area contributed by atoms with Gasteiger partial charge >= 0.3 is 0 Å². The third kappa shape index (κ3) is 6.65. The lowest BCUT2D eigenvalue weighted by Crippen LogP contribution is -2.56. The summed E-state index contributed by atoms with van der Waals surface area (Å²) >= 11 is 0. The molecule has 1 saturated carbocycles. The van der Waals surface area contributed by atoms with Crippen LogP contribution in [0.25, 0.3) is 0 Å². The third-order valence-electron chi connectivity index (χ3n) is 7.58. The first-order valence-electron chi connectivity index (χ1n) is 12.9. The summed E-state index contributed by atoms with van der Waals surface area (Å²) in [6, 6.07) is 4.37. The highest BCUT2D eigenvalue weighted by molar-refractivity contribution is 5.82. The highest BCUT2D eigenvalue weighted by Gasteiger charge is 2.31. The smallest absolute Gasteiger partial charge is 0.237 e. The average Bonchev–Trinajstić information content (AvgIpc) is 3.69. The van der Waals surface area contributed by atoms with Gasteiger partial charge in [0.15, 0.2) is 11.5 Å². The predicted molar refractivity (Wildman–Crippen MR) is 135 cm³/mol. The number of piperazine rings is 2. The molecule has 1 aromatic carbocycles. The zero-order valence-corrected chi connectivity index (χ0v) is 21.7. The fraction of sp³-hybridized carbons (Fsp3) is 0.692. The standard InChI is InChI=1S/C26H41N5O4/c1-19-15-23(34-3)24(35-4)16-21(19)17-28-9-13-31(14-10-28)25(32)18-29-7-11-30(12-8-29)20(2)26(33)27-22-5-6-22/h15-16,20,22H,5-14,17-18H2,1-4H3,(H,27,33). The molecule has 9 nitrogen and oxygen atoms in total. The van der Waals surface area contributed by atoms with E-state index in [0.29, 0.717) is 12.6 Å². The minimum absolute atomic E-state index is 0.101. The predicted octanol–water partition coefficient (Wildman–Crippen LogP) is 0.941. The number of rotatable bonds is 9. The monoisotopic (exact) mass is 487 g/mol. The molecule has 194 valence electrons. The van der Waals surface area contributed by atoms with E-state index < -0.39 is 0 Å². The maximum absolute atomic E-state index is 12.9. The van der Waals surface area contributed by atoms with Crippen molar-refractivity contribution in [1.29, 1.82) is 0 Å². The fourth-order valence-electron chi connectivity index (χ4n) is 4.90. The summed E-state index contributed by atoms with van der Waals surface area (Å²) in [5.74, 6) is 1.85. The molecule has 9 heteroatoms. The van der Waals surface area contributed by atoms with Crippen molar-refractivity contribution >= 4 is 11.8 Å². The number of aryl methyl sites for hydroxylation is 1. The molecule has 3 fully saturated rings. The highest BCUT2D eigenvalue weighted by atomic mass is 16.5. The summed E-state index contributed by atoms with van der Waals surface area (Å²) in [4.78, 5) is 34.1. The van der Waals surface area contributed by atoms with E-state index in [0.717, 1.165) is 83.2 Å². The lowest BCUT2D eigenvalue weighted by Gasteiger charge is -2.39. The van der Waals surface area contributed by atoms with E-state index in [-0.39, 0.29) is 17.9 Å². The molecule has 1 unspecified atom stereocenters. The van der Waals surface area contributed by atoms with Crippen LogP contribution in [0.3, 0.4) is 0 Å². The summed E-state index contributed by atoms with van der Waals surface area (Å²) in [7, 11) is 3.32. The molecule has 2 saturated heterocycles. The number of nitrogens with zero attached hydrogens (tertiary/aromatic N) is 4. The molecule has 4 rings (SSSR count). The van der Waals surface area contributed by atoms with E-state index >= 15 is 0 Å². The molecule has 2 amide bonds. The molecule has 0 bridgehead atoms. The van der Waals surface area contributed by atoms with E-state index in [2.05, 4.69) is 33.0 Å². The Labute approximate surface area is 209 Å². The molecule has 0 spiro atoms. The molecule has 0 aromatic heterocycles. The van der Waals surface area contributed by atoms with Crippen LogP contribution in [0.1, 0.15) is 30.9 Å². The Morgan fingerprint density at radius 1 is 0.943 bits per heavy atom. The minimum Gasteiger partial charge on any atom is -0.493 e. The second-order valence-corrected chi connectivity index (χ2v) is 10.1. The first-order chi connectivity index (χ1) is 16.9. The van der Waals surface area contributed by atoms with Crippen molar-refractivity contribution in [1.82, 2.24) is 24.9 Å². The summed E-state index contributed by atoms with van der Waals surface area (Å²) in [5, 5.41) is 3.10. The quantitative estimate of drug-likeness (QED) is 0.556. The molecule has 0 radical (unpaired) electrons. The van der Waals surface area contributed by atoms with Gasteiger partial charge in [0.25, 0.3) is 0 Å². The lowest BCUT2D eigenvalue weighted by atomic mass is 10.1. The number of carbonyl (C=O) groups is 2. The Hall–Kier alpha value is -2.36. The number of hydrogen-bond acceptors (Lipinski definition) is 7. The van der Waals surface area contributed by atoms with Crippen molar-refractivity contribution < 1.29 is 19.1 Å². The largest absolute Gasteiger partial charge is 0.493 e. The highest BCUT2D eigenvalue weighted by Crippen LogP contribution is 2.31. The van der Waals surface area contributed by atoms with Gasteiger partial charge in [-0.1, -0.05) is 0 Å². The van der Waals surface area contributed by atoms with Gasteiger partial charge in [-0.15, -0.1) is 0 Å². The van der Waals surface area contributed by atoms with Crippen LogP contribution in [0.2, 0.25) is 0 Å². The van der Waals surface area contributed by atoms with Gasteiger partial charge in [0.05, 0.1) is 26.8 Å². The lowest BCUT2D eigenvalue weighted by molar-refractivity contribution is -0.135. The van der Waals surface area contributed by atoms with Gasteiger partial charge in [-0.2, -0.15) is 0 Å². The molecule has 2 aliphatic heterocycles. The zero-order chi connectivity index (χ0) is 24.9. The average molecular weight is 488 g/mol. The number of hydrogen-bond donors (Lipinski definition) is 1. The first kappa shape index (κ1) is 25.7. The van der Waals surface area contributed by atoms with Gasteiger partial charge in [0.2, 0.25) is 11.8 Å². The molecule has 1 atom stereocenters. The Kier molecular flexibility index (Phi) is 8.51. The summed E-state index contributed by atoms with van der Waals surface area (Å²) < 4.78 is 10.9. The van der Waals surface area contributed by atoms with Crippen LogP contribution in [0.5, 0.6) is 11.5 Å². The van der Waals surface area contributed by atoms with E-state index in [1.54, 1.807) is 14.2 Å². The van der Waals surface area contributed by atoms with Crippen LogP contribution in [-0.4, -0.2) is 117 Å². The van der Waals surface area contributed by atoms with Gasteiger partial charge in [-0.25, -0.2) is 0 Å². The van der Waals surface area contributed by atoms with Crippen molar-refractivity contribution in [2.24, 2.45) is 0 Å². The van der Waals surface area contributed by atoms with Crippen LogP contribution in [0, 0.1) is 6.92 Å². The molecule has 35 heavy (non-hydrogen) atoms. The SMILES string of the molecule is COc1cc(C)c(CN2CCN(C(=O)CN3CCN(C(C)C(=O)NC4CC4)CC3)CC2)cc1OC. The van der Waals surface area contributed by atoms with Crippen LogP contribution in [-0.2, 0) is 16.1 Å². The van der Waals surface area contributed by atoms with Gasteiger partial charge in [-0.3, -0.25) is 24.3 Å². The van der Waals surface area contributed by atoms with E-state index in [1.165, 1.54) is 11.1 Å². The molecule has 1 aromatic rings. The fourth-order valence-corrected chi connectivity index (χ4v) is 4.90. The summed E-state index contributed by atoms with van der Waals surface area (Å²) in [6.45, 7) is 11.9. The van der Waals surface area contributed by atoms with Crippen LogP contribution in [0.15, 0.2) is 12.1 Å². The van der Waals surface area contributed by atoms with Crippen molar-refractivity contribution in [2.45, 2.75) is 45.3 Å². The van der Waals surface area contributed by atoms with E-state index in [1.807, 2.05) is 17.9 Å². The van der Waals surface area contributed by atoms with Gasteiger partial charge in [-0.05, 0) is 49.9 Å². The molecule has 1 N–H and O–H groups in total. The molecular formula is C26H41N5O4. The molecule has 1 aliphatic carbocycles. The maximum atomic E-state index is 12.9. The minimum atomic E-state index is -0.101. The van der Waals surface area contributed by atoms with Crippen molar-refractivity contribution in [3.8, 4) is 11.5 Å².